The van der Waals surface area contributed by atoms with Gasteiger partial charge in [0, 0.05) is 24.8 Å². The number of aryl methyl sites for hydroxylation is 2. The van der Waals surface area contributed by atoms with Gasteiger partial charge in [0.2, 0.25) is 5.78 Å². The molecule has 1 aromatic carbocycles. The number of nitrogens with zero attached hydrogens (tertiary/aromatic N) is 2. The van der Waals surface area contributed by atoms with E-state index in [4.69, 9.17) is 4.74 Å². The Morgan fingerprint density at radius 2 is 1.83 bits per heavy atom. The lowest BCUT2D eigenvalue weighted by Crippen LogP contribution is -2.37. The predicted octanol–water partition coefficient (Wildman–Crippen LogP) is 4.36. The molecule has 5 nitrogen and oxygen atoms in total. The maximum Gasteiger partial charge on any atom is 0.417 e. The molecule has 0 unspecified atom stereocenters. The van der Waals surface area contributed by atoms with Gasteiger partial charge < -0.3 is 9.64 Å². The maximum absolute atomic E-state index is 12.7. The second kappa shape index (κ2) is 8.85. The van der Waals surface area contributed by atoms with Crippen molar-refractivity contribution in [3.8, 4) is 0 Å². The summed E-state index contributed by atoms with van der Waals surface area (Å²) in [4.78, 5) is 30.4. The number of esters is 1. The Kier molecular flexibility index (Phi) is 6.43. The van der Waals surface area contributed by atoms with Gasteiger partial charge in [0.05, 0.1) is 11.5 Å². The zero-order chi connectivity index (χ0) is 21.9. The average Bonchev–Trinajstić information content (AvgIpc) is 2.73. The van der Waals surface area contributed by atoms with Crippen molar-refractivity contribution in [2.24, 2.45) is 5.92 Å². The highest BCUT2D eigenvalue weighted by Gasteiger charge is 2.32. The van der Waals surface area contributed by atoms with Crippen LogP contribution in [0.4, 0.5) is 19.0 Å². The molecular formula is C22H23F3N2O3. The highest BCUT2D eigenvalue weighted by atomic mass is 19.4. The van der Waals surface area contributed by atoms with Crippen LogP contribution >= 0.6 is 0 Å². The van der Waals surface area contributed by atoms with Crippen LogP contribution in [0.3, 0.4) is 0 Å². The van der Waals surface area contributed by atoms with Gasteiger partial charge in [-0.2, -0.15) is 13.2 Å². The second-order valence-electron chi connectivity index (χ2n) is 7.51. The van der Waals surface area contributed by atoms with E-state index in [1.165, 1.54) is 6.07 Å². The number of hydrogen-bond donors (Lipinski definition) is 0. The fourth-order valence-corrected chi connectivity index (χ4v) is 3.45. The Balaban J connectivity index is 1.50. The van der Waals surface area contributed by atoms with E-state index in [0.29, 0.717) is 37.3 Å². The zero-order valence-electron chi connectivity index (χ0n) is 16.8. The molecule has 1 aliphatic heterocycles. The van der Waals surface area contributed by atoms with Crippen molar-refractivity contribution in [3.63, 3.8) is 0 Å². The normalized spacial score (nSPS) is 15.2. The Morgan fingerprint density at radius 1 is 1.13 bits per heavy atom. The number of benzene rings is 1. The molecule has 2 heterocycles. The smallest absolute Gasteiger partial charge is 0.417 e. The molecule has 30 heavy (non-hydrogen) atoms. The van der Waals surface area contributed by atoms with E-state index in [-0.39, 0.29) is 18.3 Å². The molecule has 0 saturated carbocycles. The molecule has 1 aromatic heterocycles. The first-order valence-corrected chi connectivity index (χ1v) is 9.70. The van der Waals surface area contributed by atoms with Crippen LogP contribution in [0.5, 0.6) is 0 Å². The van der Waals surface area contributed by atoms with Crippen LogP contribution in [0.1, 0.15) is 39.9 Å². The molecule has 0 aliphatic carbocycles. The lowest BCUT2D eigenvalue weighted by molar-refractivity contribution is -0.148. The molecule has 0 radical (unpaired) electrons. The number of anilines is 1. The zero-order valence-corrected chi connectivity index (χ0v) is 16.8. The van der Waals surface area contributed by atoms with Crippen molar-refractivity contribution < 1.29 is 27.5 Å². The molecule has 160 valence electrons. The molecule has 0 bridgehead atoms. The van der Waals surface area contributed by atoms with E-state index in [1.807, 2.05) is 30.9 Å². The molecule has 8 heteroatoms. The van der Waals surface area contributed by atoms with Crippen LogP contribution in [0, 0.1) is 19.8 Å². The Morgan fingerprint density at radius 3 is 2.43 bits per heavy atom. The van der Waals surface area contributed by atoms with Gasteiger partial charge in [0.1, 0.15) is 5.82 Å². The molecule has 1 fully saturated rings. The van der Waals surface area contributed by atoms with Crippen molar-refractivity contribution in [1.29, 1.82) is 0 Å². The summed E-state index contributed by atoms with van der Waals surface area (Å²) in [6.07, 6.45) is -2.64. The van der Waals surface area contributed by atoms with E-state index < -0.39 is 17.7 Å². The van der Waals surface area contributed by atoms with E-state index in [9.17, 15) is 22.8 Å². The third kappa shape index (κ3) is 5.17. The Bertz CT molecular complexity index is 918. The van der Waals surface area contributed by atoms with Crippen LogP contribution in [0.2, 0.25) is 0 Å². The Labute approximate surface area is 172 Å². The van der Waals surface area contributed by atoms with E-state index >= 15 is 0 Å². The number of ether oxygens (including phenoxy) is 1. The summed E-state index contributed by atoms with van der Waals surface area (Å²) >= 11 is 0. The summed E-state index contributed by atoms with van der Waals surface area (Å²) in [7, 11) is 0. The summed E-state index contributed by atoms with van der Waals surface area (Å²) in [5, 5.41) is 0. The number of pyridine rings is 1. The average molecular weight is 420 g/mol. The van der Waals surface area contributed by atoms with Gasteiger partial charge in [-0.25, -0.2) is 4.98 Å². The van der Waals surface area contributed by atoms with Crippen molar-refractivity contribution in [1.82, 2.24) is 4.98 Å². The Hall–Kier alpha value is -2.90. The second-order valence-corrected chi connectivity index (χ2v) is 7.51. The summed E-state index contributed by atoms with van der Waals surface area (Å²) in [5.41, 5.74) is 1.54. The lowest BCUT2D eigenvalue weighted by atomic mass is 9.97. The highest BCUT2D eigenvalue weighted by molar-refractivity contribution is 5.99. The minimum absolute atomic E-state index is 0.240. The number of carbonyl (C=O) groups is 2. The van der Waals surface area contributed by atoms with Crippen molar-refractivity contribution in [2.75, 3.05) is 24.6 Å². The molecule has 0 N–H and O–H groups in total. The van der Waals surface area contributed by atoms with Gasteiger partial charge in [-0.05, 0) is 50.5 Å². The number of alkyl halides is 3. The van der Waals surface area contributed by atoms with Crippen molar-refractivity contribution in [3.05, 3.63) is 58.8 Å². The molecule has 2 aromatic rings. The monoisotopic (exact) mass is 420 g/mol. The maximum atomic E-state index is 12.7. The fraction of sp³-hybridized carbons (Fsp3) is 0.409. The lowest BCUT2D eigenvalue weighted by Gasteiger charge is -2.31. The quantitative estimate of drug-likeness (QED) is 0.531. The minimum atomic E-state index is -4.42. The molecule has 1 saturated heterocycles. The van der Waals surface area contributed by atoms with Gasteiger partial charge in [0.15, 0.2) is 6.61 Å². The highest BCUT2D eigenvalue weighted by Crippen LogP contribution is 2.30. The molecule has 0 atom stereocenters. The van der Waals surface area contributed by atoms with E-state index in [2.05, 4.69) is 4.98 Å². The van der Waals surface area contributed by atoms with Crippen LogP contribution < -0.4 is 4.90 Å². The number of rotatable bonds is 5. The van der Waals surface area contributed by atoms with Crippen LogP contribution in [-0.2, 0) is 15.7 Å². The van der Waals surface area contributed by atoms with Gasteiger partial charge in [-0.3, -0.25) is 9.59 Å². The van der Waals surface area contributed by atoms with Crippen LogP contribution in [0.25, 0.3) is 0 Å². The number of piperidine rings is 1. The number of hydrogen-bond acceptors (Lipinski definition) is 5. The molecule has 3 rings (SSSR count). The standard InChI is InChI=1S/C22H23F3N2O3/c1-14-3-4-15(2)18(11-14)19(28)13-30-21(29)16-7-9-27(10-8-16)20-6-5-17(12-26-20)22(23,24)25/h3-6,11-12,16H,7-10,13H2,1-2H3. The third-order valence-corrected chi connectivity index (χ3v) is 5.27. The summed E-state index contributed by atoms with van der Waals surface area (Å²) in [6, 6.07) is 7.89. The molecule has 1 aliphatic rings. The first-order chi connectivity index (χ1) is 14.1. The number of carbonyl (C=O) groups excluding carboxylic acids is 2. The van der Waals surface area contributed by atoms with Gasteiger partial charge in [-0.1, -0.05) is 17.7 Å². The van der Waals surface area contributed by atoms with Gasteiger partial charge in [0.25, 0.3) is 0 Å². The first kappa shape index (κ1) is 21.8. The van der Waals surface area contributed by atoms with Gasteiger partial charge in [-0.15, -0.1) is 0 Å². The SMILES string of the molecule is Cc1ccc(C)c(C(=O)COC(=O)C2CCN(c3ccc(C(F)(F)F)cn3)CC2)c1. The van der Waals surface area contributed by atoms with Crippen LogP contribution in [-0.4, -0.2) is 36.4 Å². The summed E-state index contributed by atoms with van der Waals surface area (Å²) in [5.74, 6) is -0.563. The topological polar surface area (TPSA) is 59.5 Å². The number of Topliss-reactive ketones (excluding diaryl/α,β-unsaturated/α-hetero) is 1. The number of aromatic nitrogens is 1. The van der Waals surface area contributed by atoms with Crippen molar-refractivity contribution >= 4 is 17.6 Å². The molecular weight excluding hydrogens is 397 g/mol. The number of ketones is 1. The minimum Gasteiger partial charge on any atom is -0.457 e. The largest absolute Gasteiger partial charge is 0.457 e. The van der Waals surface area contributed by atoms with Gasteiger partial charge >= 0.3 is 12.1 Å². The fourth-order valence-electron chi connectivity index (χ4n) is 3.45. The number of halogens is 3. The third-order valence-electron chi connectivity index (χ3n) is 5.27. The molecule has 0 spiro atoms. The molecule has 0 amide bonds. The summed E-state index contributed by atoms with van der Waals surface area (Å²) in [6.45, 7) is 4.37. The van der Waals surface area contributed by atoms with E-state index in [1.54, 1.807) is 6.07 Å². The van der Waals surface area contributed by atoms with Crippen molar-refractivity contribution in [2.45, 2.75) is 32.9 Å². The summed E-state index contributed by atoms with van der Waals surface area (Å²) < 4.78 is 43.2. The van der Waals surface area contributed by atoms with E-state index in [0.717, 1.165) is 23.4 Å². The van der Waals surface area contributed by atoms with Crippen LogP contribution in [0.15, 0.2) is 36.5 Å². The predicted molar refractivity (Wildman–Crippen MR) is 105 cm³/mol. The first-order valence-electron chi connectivity index (χ1n) is 9.70.